The molecule has 1 aliphatic heterocycles. The molecule has 0 saturated carbocycles. The third-order valence-corrected chi connectivity index (χ3v) is 5.68. The van der Waals surface area contributed by atoms with Crippen molar-refractivity contribution in [1.82, 2.24) is 19.9 Å². The highest BCUT2D eigenvalue weighted by atomic mass is 16.5. The van der Waals surface area contributed by atoms with Crippen LogP contribution in [0, 0.1) is 11.3 Å². The van der Waals surface area contributed by atoms with E-state index in [1.807, 2.05) is 49.3 Å². The molecule has 1 atom stereocenters. The number of anilines is 1. The first-order valence-electron chi connectivity index (χ1n) is 11.3. The van der Waals surface area contributed by atoms with Gasteiger partial charge in [0.1, 0.15) is 12.7 Å². The van der Waals surface area contributed by atoms with Crippen molar-refractivity contribution in [3.8, 4) is 23.2 Å². The lowest BCUT2D eigenvalue weighted by molar-refractivity contribution is -0.140. The van der Waals surface area contributed by atoms with Crippen molar-refractivity contribution in [1.29, 1.82) is 5.26 Å². The van der Waals surface area contributed by atoms with Crippen molar-refractivity contribution in [2.45, 2.75) is 25.4 Å². The second-order valence-corrected chi connectivity index (χ2v) is 8.33. The molecular weight excluding hydrogens is 432 g/mol. The molecule has 0 bridgehead atoms. The first-order valence-corrected chi connectivity index (χ1v) is 11.3. The summed E-state index contributed by atoms with van der Waals surface area (Å²) < 4.78 is 11.9. The maximum absolute atomic E-state index is 12.4. The van der Waals surface area contributed by atoms with E-state index in [1.54, 1.807) is 17.3 Å². The lowest BCUT2D eigenvalue weighted by Crippen LogP contribution is -2.47. The summed E-state index contributed by atoms with van der Waals surface area (Å²) in [5, 5.41) is 8.68. The van der Waals surface area contributed by atoms with Crippen molar-refractivity contribution < 1.29 is 14.3 Å². The van der Waals surface area contributed by atoms with Gasteiger partial charge in [0.25, 0.3) is 0 Å². The number of nitrogens with zero attached hydrogens (tertiary/aromatic N) is 6. The minimum atomic E-state index is -0.273. The van der Waals surface area contributed by atoms with Gasteiger partial charge in [-0.1, -0.05) is 12.1 Å². The van der Waals surface area contributed by atoms with Crippen LogP contribution >= 0.6 is 0 Å². The third kappa shape index (κ3) is 5.58. The molecule has 0 radical (unpaired) electrons. The summed E-state index contributed by atoms with van der Waals surface area (Å²) in [5.41, 5.74) is 4.06. The van der Waals surface area contributed by atoms with Gasteiger partial charge in [-0.15, -0.1) is 0 Å². The minimum Gasteiger partial charge on any atom is -0.473 e. The van der Waals surface area contributed by atoms with Gasteiger partial charge in [-0.2, -0.15) is 5.26 Å². The average molecular weight is 461 g/mol. The fraction of sp³-hybridized carbons (Fsp3) is 0.400. The molecular formula is C25H28N6O3. The molecule has 1 aliphatic rings. The number of rotatable bonds is 8. The number of carbonyl (C=O) groups is 1. The molecule has 1 amide bonds. The molecule has 3 aromatic rings. The van der Waals surface area contributed by atoms with E-state index < -0.39 is 0 Å². The number of morpholine rings is 1. The first-order chi connectivity index (χ1) is 16.5. The predicted octanol–water partition coefficient (Wildman–Crippen LogP) is 3.06. The number of nitriles is 1. The quantitative estimate of drug-likeness (QED) is 0.473. The zero-order valence-electron chi connectivity index (χ0n) is 19.5. The number of benzene rings is 1. The largest absolute Gasteiger partial charge is 0.473 e. The van der Waals surface area contributed by atoms with Gasteiger partial charge < -0.3 is 19.3 Å². The Morgan fingerprint density at radius 2 is 2.06 bits per heavy atom. The van der Waals surface area contributed by atoms with Crippen LogP contribution in [0.15, 0.2) is 42.7 Å². The van der Waals surface area contributed by atoms with E-state index in [1.165, 1.54) is 0 Å². The Morgan fingerprint density at radius 3 is 2.82 bits per heavy atom. The monoisotopic (exact) mass is 460 g/mol. The Balaban J connectivity index is 1.49. The predicted molar refractivity (Wildman–Crippen MR) is 128 cm³/mol. The van der Waals surface area contributed by atoms with Crippen molar-refractivity contribution >= 4 is 22.6 Å². The number of carbonyl (C=O) groups excluding carboxylic acids is 1. The summed E-state index contributed by atoms with van der Waals surface area (Å²) in [6.07, 6.45) is 4.32. The molecule has 2 aromatic heterocycles. The summed E-state index contributed by atoms with van der Waals surface area (Å²) in [7, 11) is 4.00. The molecule has 0 unspecified atom stereocenters. The Morgan fingerprint density at radius 1 is 1.26 bits per heavy atom. The molecule has 3 heterocycles. The molecule has 9 heteroatoms. The van der Waals surface area contributed by atoms with Gasteiger partial charge in [-0.25, -0.2) is 9.97 Å². The normalized spacial score (nSPS) is 15.7. The van der Waals surface area contributed by atoms with Crippen molar-refractivity contribution in [3.05, 3.63) is 42.7 Å². The van der Waals surface area contributed by atoms with E-state index in [0.717, 1.165) is 16.9 Å². The molecule has 1 aromatic carbocycles. The van der Waals surface area contributed by atoms with Crippen LogP contribution in [-0.4, -0.2) is 72.3 Å². The van der Waals surface area contributed by atoms with Gasteiger partial charge in [0.2, 0.25) is 11.8 Å². The van der Waals surface area contributed by atoms with Gasteiger partial charge in [0.05, 0.1) is 30.4 Å². The molecule has 176 valence electrons. The number of unbranched alkanes of at least 4 members (excludes halogenated alkanes) is 1. The summed E-state index contributed by atoms with van der Waals surface area (Å²) in [6.45, 7) is 1.68. The molecule has 34 heavy (non-hydrogen) atoms. The number of amides is 1. The maximum atomic E-state index is 12.4. The third-order valence-electron chi connectivity index (χ3n) is 5.68. The molecule has 4 rings (SSSR count). The van der Waals surface area contributed by atoms with Gasteiger partial charge >= 0.3 is 0 Å². The van der Waals surface area contributed by atoms with Gasteiger partial charge in [-0.3, -0.25) is 9.78 Å². The van der Waals surface area contributed by atoms with Gasteiger partial charge in [0.15, 0.2) is 5.52 Å². The highest BCUT2D eigenvalue weighted by Crippen LogP contribution is 2.28. The SMILES string of the molecule is CN(C)c1ccc(-c2cc3nccnc3c(OC[C@@H]3CN(C(=O)CCCC#N)CCO3)n2)cc1. The second-order valence-electron chi connectivity index (χ2n) is 8.33. The van der Waals surface area contributed by atoms with Crippen LogP contribution in [-0.2, 0) is 9.53 Å². The zero-order chi connectivity index (χ0) is 23.9. The fourth-order valence-corrected chi connectivity index (χ4v) is 3.82. The Kier molecular flexibility index (Phi) is 7.50. The van der Waals surface area contributed by atoms with Crippen LogP contribution in [0.25, 0.3) is 22.3 Å². The Labute approximate surface area is 199 Å². The highest BCUT2D eigenvalue weighted by Gasteiger charge is 2.25. The molecule has 1 saturated heterocycles. The van der Waals surface area contributed by atoms with E-state index in [9.17, 15) is 4.79 Å². The fourth-order valence-electron chi connectivity index (χ4n) is 3.82. The molecule has 1 fully saturated rings. The lowest BCUT2D eigenvalue weighted by atomic mass is 10.1. The summed E-state index contributed by atoms with van der Waals surface area (Å²) in [5.74, 6) is 0.430. The van der Waals surface area contributed by atoms with Crippen LogP contribution in [0.1, 0.15) is 19.3 Å². The van der Waals surface area contributed by atoms with Crippen LogP contribution < -0.4 is 9.64 Å². The standard InChI is InChI=1S/C25H28N6O3/c1-30(2)19-8-6-18(7-9-19)21-15-22-24(28-12-11-27-22)25(29-21)34-17-20-16-31(13-14-33-20)23(32)5-3-4-10-26/h6-9,11-12,15,20H,3-5,13-14,16-17H2,1-2H3/t20-/m0/s1. The number of hydrogen-bond acceptors (Lipinski definition) is 8. The van der Waals surface area contributed by atoms with Crippen molar-refractivity contribution in [2.24, 2.45) is 0 Å². The van der Waals surface area contributed by atoms with E-state index in [-0.39, 0.29) is 18.6 Å². The zero-order valence-corrected chi connectivity index (χ0v) is 19.5. The summed E-state index contributed by atoms with van der Waals surface area (Å²) >= 11 is 0. The molecule has 0 spiro atoms. The number of ether oxygens (including phenoxy) is 2. The second kappa shape index (κ2) is 10.9. The smallest absolute Gasteiger partial charge is 0.242 e. The summed E-state index contributed by atoms with van der Waals surface area (Å²) in [6, 6.07) is 12.1. The molecule has 9 nitrogen and oxygen atoms in total. The van der Waals surface area contributed by atoms with Gasteiger partial charge in [0, 0.05) is 57.1 Å². The van der Waals surface area contributed by atoms with Crippen molar-refractivity contribution in [2.75, 3.05) is 45.3 Å². The van der Waals surface area contributed by atoms with E-state index in [4.69, 9.17) is 19.7 Å². The molecule has 0 aliphatic carbocycles. The topological polar surface area (TPSA) is 104 Å². The number of pyridine rings is 1. The summed E-state index contributed by atoms with van der Waals surface area (Å²) in [4.78, 5) is 29.8. The Bertz CT molecular complexity index is 1180. The van der Waals surface area contributed by atoms with E-state index >= 15 is 0 Å². The number of aromatic nitrogens is 3. The Hall–Kier alpha value is -3.77. The van der Waals surface area contributed by atoms with Crippen LogP contribution in [0.5, 0.6) is 5.88 Å². The number of fused-ring (bicyclic) bond motifs is 1. The minimum absolute atomic E-state index is 0.0427. The van der Waals surface area contributed by atoms with E-state index in [2.05, 4.69) is 16.0 Å². The van der Waals surface area contributed by atoms with Gasteiger partial charge in [-0.05, 0) is 24.6 Å². The first kappa shape index (κ1) is 23.4. The van der Waals surface area contributed by atoms with Crippen LogP contribution in [0.3, 0.4) is 0 Å². The molecule has 0 N–H and O–H groups in total. The van der Waals surface area contributed by atoms with Crippen LogP contribution in [0.4, 0.5) is 5.69 Å². The van der Waals surface area contributed by atoms with Crippen molar-refractivity contribution in [3.63, 3.8) is 0 Å². The van der Waals surface area contributed by atoms with Crippen LogP contribution in [0.2, 0.25) is 0 Å². The highest BCUT2D eigenvalue weighted by molar-refractivity contribution is 5.83. The lowest BCUT2D eigenvalue weighted by Gasteiger charge is -2.32. The number of hydrogen-bond donors (Lipinski definition) is 0. The van der Waals surface area contributed by atoms with E-state index in [0.29, 0.717) is 55.9 Å². The average Bonchev–Trinajstić information content (AvgIpc) is 2.87. The maximum Gasteiger partial charge on any atom is 0.242 e.